The number of aromatic amines is 1. The lowest BCUT2D eigenvalue weighted by atomic mass is 10.1. The molecule has 0 saturated heterocycles. The van der Waals surface area contributed by atoms with Gasteiger partial charge in [0.25, 0.3) is 0 Å². The molecule has 2 aromatic heterocycles. The van der Waals surface area contributed by atoms with Crippen LogP contribution in [0.4, 0.5) is 11.5 Å². The third-order valence-corrected chi connectivity index (χ3v) is 2.86. The van der Waals surface area contributed by atoms with E-state index in [-0.39, 0.29) is 0 Å². The summed E-state index contributed by atoms with van der Waals surface area (Å²) in [7, 11) is 0. The number of aryl methyl sites for hydroxylation is 1. The van der Waals surface area contributed by atoms with Crippen LogP contribution in [0.25, 0.3) is 22.6 Å². The predicted octanol–water partition coefficient (Wildman–Crippen LogP) is 1.49. The molecule has 0 fully saturated rings. The van der Waals surface area contributed by atoms with E-state index in [0.29, 0.717) is 28.5 Å². The summed E-state index contributed by atoms with van der Waals surface area (Å²) < 4.78 is 0. The second-order valence-electron chi connectivity index (χ2n) is 4.08. The highest BCUT2D eigenvalue weighted by Crippen LogP contribution is 2.29. The molecule has 2 heterocycles. The van der Waals surface area contributed by atoms with Crippen LogP contribution in [0.5, 0.6) is 0 Å². The average molecular weight is 240 g/mol. The number of nitrogens with zero attached hydrogens (tertiary/aromatic N) is 3. The van der Waals surface area contributed by atoms with Gasteiger partial charge in [-0.05, 0) is 18.6 Å². The van der Waals surface area contributed by atoms with Gasteiger partial charge in [0.15, 0.2) is 11.5 Å². The molecule has 0 amide bonds. The average Bonchev–Trinajstić information content (AvgIpc) is 2.74. The Balaban J connectivity index is 2.30. The van der Waals surface area contributed by atoms with E-state index in [1.54, 1.807) is 0 Å². The van der Waals surface area contributed by atoms with Crippen molar-refractivity contribution < 1.29 is 0 Å². The minimum atomic E-state index is 0.380. The summed E-state index contributed by atoms with van der Waals surface area (Å²) >= 11 is 0. The van der Waals surface area contributed by atoms with E-state index < -0.39 is 0 Å². The van der Waals surface area contributed by atoms with E-state index in [2.05, 4.69) is 19.9 Å². The highest BCUT2D eigenvalue weighted by atomic mass is 15.0. The monoisotopic (exact) mass is 240 g/mol. The fourth-order valence-corrected chi connectivity index (χ4v) is 1.98. The van der Waals surface area contributed by atoms with Crippen molar-refractivity contribution in [1.29, 1.82) is 0 Å². The van der Waals surface area contributed by atoms with E-state index in [0.717, 1.165) is 11.1 Å². The summed E-state index contributed by atoms with van der Waals surface area (Å²) in [6.07, 6.45) is 1.39. The number of nitrogens with one attached hydrogen (secondary N) is 1. The van der Waals surface area contributed by atoms with Crippen molar-refractivity contribution in [1.82, 2.24) is 19.9 Å². The van der Waals surface area contributed by atoms with Gasteiger partial charge in [0, 0.05) is 11.3 Å². The standard InChI is InChI=1S/C12H12N6/c1-6-3-2-4-7(13)8(6)11-17-9-10(14)15-5-16-12(9)18-11/h2-5H,13H2,1H3,(H3,14,15,16,17,18). The van der Waals surface area contributed by atoms with Crippen molar-refractivity contribution in [2.75, 3.05) is 11.5 Å². The lowest BCUT2D eigenvalue weighted by Gasteiger charge is -2.05. The number of hydrogen-bond donors (Lipinski definition) is 3. The number of fused-ring (bicyclic) bond motifs is 1. The SMILES string of the molecule is Cc1cccc(N)c1-c1nc2ncnc(N)c2[nH]1. The maximum absolute atomic E-state index is 5.99. The fourth-order valence-electron chi connectivity index (χ4n) is 1.98. The summed E-state index contributed by atoms with van der Waals surface area (Å²) in [4.78, 5) is 15.5. The third-order valence-electron chi connectivity index (χ3n) is 2.86. The number of anilines is 2. The van der Waals surface area contributed by atoms with Gasteiger partial charge in [0.1, 0.15) is 17.7 Å². The van der Waals surface area contributed by atoms with Crippen LogP contribution in [0.1, 0.15) is 5.56 Å². The first-order chi connectivity index (χ1) is 8.66. The van der Waals surface area contributed by atoms with E-state index in [9.17, 15) is 0 Å². The molecule has 3 aromatic rings. The minimum absolute atomic E-state index is 0.380. The molecule has 0 unspecified atom stereocenters. The van der Waals surface area contributed by atoms with Crippen LogP contribution in [0, 0.1) is 6.92 Å². The van der Waals surface area contributed by atoms with Gasteiger partial charge in [-0.2, -0.15) is 0 Å². The Bertz CT molecular complexity index is 710. The molecule has 0 atom stereocenters. The summed E-state index contributed by atoms with van der Waals surface area (Å²) in [6.45, 7) is 1.98. The minimum Gasteiger partial charge on any atom is -0.398 e. The van der Waals surface area contributed by atoms with Gasteiger partial charge in [-0.1, -0.05) is 12.1 Å². The van der Waals surface area contributed by atoms with Gasteiger partial charge < -0.3 is 16.5 Å². The van der Waals surface area contributed by atoms with E-state index >= 15 is 0 Å². The van der Waals surface area contributed by atoms with Gasteiger partial charge in [-0.15, -0.1) is 0 Å². The highest BCUT2D eigenvalue weighted by molar-refractivity contribution is 5.86. The van der Waals surface area contributed by atoms with Crippen LogP contribution < -0.4 is 11.5 Å². The Morgan fingerprint density at radius 3 is 2.72 bits per heavy atom. The van der Waals surface area contributed by atoms with Gasteiger partial charge in [-0.25, -0.2) is 15.0 Å². The molecule has 3 rings (SSSR count). The first-order valence-corrected chi connectivity index (χ1v) is 5.48. The van der Waals surface area contributed by atoms with Crippen molar-refractivity contribution in [2.45, 2.75) is 6.92 Å². The molecular weight excluding hydrogens is 228 g/mol. The largest absolute Gasteiger partial charge is 0.398 e. The third kappa shape index (κ3) is 1.46. The number of nitrogen functional groups attached to an aromatic ring is 2. The predicted molar refractivity (Wildman–Crippen MR) is 70.7 cm³/mol. The highest BCUT2D eigenvalue weighted by Gasteiger charge is 2.13. The molecular formula is C12H12N6. The second kappa shape index (κ2) is 3.69. The van der Waals surface area contributed by atoms with Gasteiger partial charge >= 0.3 is 0 Å². The Kier molecular flexibility index (Phi) is 2.16. The summed E-state index contributed by atoms with van der Waals surface area (Å²) in [5, 5.41) is 0. The molecule has 5 N–H and O–H groups in total. The number of rotatable bonds is 1. The van der Waals surface area contributed by atoms with Crippen LogP contribution in [-0.2, 0) is 0 Å². The van der Waals surface area contributed by atoms with E-state index in [4.69, 9.17) is 11.5 Å². The number of nitrogens with two attached hydrogens (primary N) is 2. The molecule has 0 aliphatic rings. The summed E-state index contributed by atoms with van der Waals surface area (Å²) in [5.74, 6) is 1.04. The quantitative estimate of drug-likeness (QED) is 0.559. The number of aromatic nitrogens is 4. The van der Waals surface area contributed by atoms with Crippen LogP contribution in [-0.4, -0.2) is 19.9 Å². The Morgan fingerprint density at radius 1 is 1.17 bits per heavy atom. The molecule has 6 heteroatoms. The normalized spacial score (nSPS) is 10.9. The zero-order valence-corrected chi connectivity index (χ0v) is 9.81. The van der Waals surface area contributed by atoms with Crippen molar-refractivity contribution in [2.24, 2.45) is 0 Å². The van der Waals surface area contributed by atoms with Crippen molar-refractivity contribution in [3.8, 4) is 11.4 Å². The zero-order valence-electron chi connectivity index (χ0n) is 9.81. The maximum atomic E-state index is 5.99. The van der Waals surface area contributed by atoms with Crippen molar-refractivity contribution >= 4 is 22.7 Å². The number of H-pyrrole nitrogens is 1. The first kappa shape index (κ1) is 10.5. The Hall–Kier alpha value is -2.63. The smallest absolute Gasteiger partial charge is 0.183 e. The summed E-state index contributed by atoms with van der Waals surface area (Å²) in [6, 6.07) is 5.73. The lowest BCUT2D eigenvalue weighted by molar-refractivity contribution is 1.21. The molecule has 0 radical (unpaired) electrons. The zero-order chi connectivity index (χ0) is 12.7. The Labute approximate surface area is 103 Å². The van der Waals surface area contributed by atoms with E-state index in [1.807, 2.05) is 25.1 Å². The maximum Gasteiger partial charge on any atom is 0.183 e. The Morgan fingerprint density at radius 2 is 2.00 bits per heavy atom. The van der Waals surface area contributed by atoms with Crippen LogP contribution >= 0.6 is 0 Å². The van der Waals surface area contributed by atoms with Crippen LogP contribution in [0.3, 0.4) is 0 Å². The molecule has 0 aliphatic carbocycles. The van der Waals surface area contributed by atoms with Crippen molar-refractivity contribution in [3.05, 3.63) is 30.1 Å². The molecule has 1 aromatic carbocycles. The molecule has 18 heavy (non-hydrogen) atoms. The molecule has 0 saturated carbocycles. The summed E-state index contributed by atoms with van der Waals surface area (Å²) in [5.41, 5.74) is 15.5. The van der Waals surface area contributed by atoms with Crippen molar-refractivity contribution in [3.63, 3.8) is 0 Å². The molecule has 90 valence electrons. The van der Waals surface area contributed by atoms with Gasteiger partial charge in [-0.3, -0.25) is 0 Å². The fraction of sp³-hybridized carbons (Fsp3) is 0.0833. The first-order valence-electron chi connectivity index (χ1n) is 5.48. The number of benzene rings is 1. The molecule has 0 aliphatic heterocycles. The molecule has 6 nitrogen and oxygen atoms in total. The van der Waals surface area contributed by atoms with Gasteiger partial charge in [0.05, 0.1) is 0 Å². The topological polar surface area (TPSA) is 106 Å². The molecule has 0 spiro atoms. The van der Waals surface area contributed by atoms with E-state index in [1.165, 1.54) is 6.33 Å². The van der Waals surface area contributed by atoms with Crippen LogP contribution in [0.15, 0.2) is 24.5 Å². The number of hydrogen-bond acceptors (Lipinski definition) is 5. The van der Waals surface area contributed by atoms with Gasteiger partial charge in [0.2, 0.25) is 0 Å². The number of imidazole rings is 1. The van der Waals surface area contributed by atoms with Crippen LogP contribution in [0.2, 0.25) is 0 Å². The molecule has 0 bridgehead atoms. The lowest BCUT2D eigenvalue weighted by Crippen LogP contribution is -1.94. The second-order valence-corrected chi connectivity index (χ2v) is 4.08.